The van der Waals surface area contributed by atoms with Gasteiger partial charge in [-0.05, 0) is 36.2 Å². The van der Waals surface area contributed by atoms with Crippen molar-refractivity contribution < 1.29 is 26.7 Å². The standard InChI is InChI=1S/C28H24F5N3O2/c1-16-23(14-19-20(28(31,32)33)11-7-12-21(19)29)35-36(15-22(34)17-8-4-3-5-9-17)27(37)25(16)18-10-6-13-24(38-2)26(18)30/h3-13,22H,14-15,34H2,1-2H3. The molecule has 5 nitrogen and oxygen atoms in total. The Kier molecular flexibility index (Phi) is 7.63. The zero-order chi connectivity index (χ0) is 27.6. The molecule has 1 heterocycles. The number of aromatic nitrogens is 2. The van der Waals surface area contributed by atoms with Crippen molar-refractivity contribution in [3.8, 4) is 16.9 Å². The van der Waals surface area contributed by atoms with E-state index in [0.29, 0.717) is 5.56 Å². The predicted octanol–water partition coefficient (Wildman–Crippen LogP) is 5.82. The lowest BCUT2D eigenvalue weighted by molar-refractivity contribution is -0.138. The summed E-state index contributed by atoms with van der Waals surface area (Å²) in [5.41, 5.74) is 4.33. The van der Waals surface area contributed by atoms with Crippen LogP contribution in [-0.4, -0.2) is 16.9 Å². The molecule has 3 aromatic carbocycles. The van der Waals surface area contributed by atoms with Gasteiger partial charge in [0.05, 0.1) is 30.5 Å². The number of alkyl halides is 3. The Bertz CT molecular complexity index is 1520. The van der Waals surface area contributed by atoms with Crippen LogP contribution >= 0.6 is 0 Å². The van der Waals surface area contributed by atoms with E-state index < -0.39 is 47.0 Å². The van der Waals surface area contributed by atoms with Crippen LogP contribution < -0.4 is 16.0 Å². The molecule has 1 unspecified atom stereocenters. The zero-order valence-electron chi connectivity index (χ0n) is 20.5. The second-order valence-electron chi connectivity index (χ2n) is 8.71. The van der Waals surface area contributed by atoms with Crippen molar-refractivity contribution in [2.75, 3.05) is 7.11 Å². The van der Waals surface area contributed by atoms with Crippen LogP contribution in [0, 0.1) is 18.6 Å². The summed E-state index contributed by atoms with van der Waals surface area (Å²) in [6.45, 7) is 1.28. The van der Waals surface area contributed by atoms with Crippen molar-refractivity contribution >= 4 is 0 Å². The van der Waals surface area contributed by atoms with Gasteiger partial charge in [0, 0.05) is 23.6 Å². The average molecular weight is 530 g/mol. The van der Waals surface area contributed by atoms with Crippen LogP contribution in [0.1, 0.15) is 34.0 Å². The van der Waals surface area contributed by atoms with Crippen LogP contribution in [0.25, 0.3) is 11.1 Å². The summed E-state index contributed by atoms with van der Waals surface area (Å²) in [6, 6.07) is 15.0. The van der Waals surface area contributed by atoms with E-state index in [4.69, 9.17) is 10.5 Å². The number of nitrogens with two attached hydrogens (primary N) is 1. The van der Waals surface area contributed by atoms with Gasteiger partial charge in [0.1, 0.15) is 5.82 Å². The van der Waals surface area contributed by atoms with E-state index in [1.807, 2.05) is 0 Å². The molecule has 0 amide bonds. The Morgan fingerprint density at radius 1 is 1.00 bits per heavy atom. The number of hydrogen-bond acceptors (Lipinski definition) is 4. The number of halogens is 5. The smallest absolute Gasteiger partial charge is 0.416 e. The van der Waals surface area contributed by atoms with E-state index in [0.717, 1.165) is 22.9 Å². The molecule has 0 bridgehead atoms. The molecule has 1 atom stereocenters. The Balaban J connectivity index is 1.93. The molecule has 10 heteroatoms. The number of nitrogens with zero attached hydrogens (tertiary/aromatic N) is 2. The largest absolute Gasteiger partial charge is 0.494 e. The van der Waals surface area contributed by atoms with Crippen LogP contribution in [0.2, 0.25) is 0 Å². The summed E-state index contributed by atoms with van der Waals surface area (Å²) < 4.78 is 77.1. The topological polar surface area (TPSA) is 70.1 Å². The Labute approximate surface area is 215 Å². The van der Waals surface area contributed by atoms with Gasteiger partial charge in [-0.2, -0.15) is 18.3 Å². The van der Waals surface area contributed by atoms with Crippen molar-refractivity contribution in [3.05, 3.63) is 117 Å². The molecule has 0 fully saturated rings. The lowest BCUT2D eigenvalue weighted by Gasteiger charge is -2.19. The molecule has 4 rings (SSSR count). The molecular weight excluding hydrogens is 505 g/mol. The first kappa shape index (κ1) is 27.0. The van der Waals surface area contributed by atoms with Gasteiger partial charge in [0.15, 0.2) is 11.6 Å². The fraction of sp³-hybridized carbons (Fsp3) is 0.214. The van der Waals surface area contributed by atoms with Gasteiger partial charge in [-0.25, -0.2) is 13.5 Å². The molecule has 0 saturated carbocycles. The van der Waals surface area contributed by atoms with Crippen LogP contribution in [-0.2, 0) is 19.1 Å². The Morgan fingerprint density at radius 3 is 2.34 bits per heavy atom. The molecule has 2 N–H and O–H groups in total. The normalized spacial score (nSPS) is 12.4. The van der Waals surface area contributed by atoms with Crippen LogP contribution in [0.5, 0.6) is 5.75 Å². The summed E-state index contributed by atoms with van der Waals surface area (Å²) in [6.07, 6.45) is -5.41. The highest BCUT2D eigenvalue weighted by Gasteiger charge is 2.35. The van der Waals surface area contributed by atoms with E-state index in [-0.39, 0.29) is 34.7 Å². The van der Waals surface area contributed by atoms with Gasteiger partial charge < -0.3 is 10.5 Å². The van der Waals surface area contributed by atoms with Gasteiger partial charge in [0.2, 0.25) is 0 Å². The maximum atomic E-state index is 15.3. The number of hydrogen-bond donors (Lipinski definition) is 1. The second-order valence-corrected chi connectivity index (χ2v) is 8.71. The van der Waals surface area contributed by atoms with Gasteiger partial charge in [-0.15, -0.1) is 0 Å². The third kappa shape index (κ3) is 5.31. The Hall–Kier alpha value is -4.05. The minimum absolute atomic E-state index is 0.0299. The second kappa shape index (κ2) is 10.7. The van der Waals surface area contributed by atoms with Crippen molar-refractivity contribution in [2.45, 2.75) is 32.1 Å². The maximum absolute atomic E-state index is 15.3. The van der Waals surface area contributed by atoms with E-state index in [1.165, 1.54) is 32.2 Å². The monoisotopic (exact) mass is 529 g/mol. The summed E-state index contributed by atoms with van der Waals surface area (Å²) in [5.74, 6) is -2.03. The molecule has 198 valence electrons. The van der Waals surface area contributed by atoms with Gasteiger partial charge in [0.25, 0.3) is 5.56 Å². The first-order chi connectivity index (χ1) is 18.0. The Morgan fingerprint density at radius 2 is 1.68 bits per heavy atom. The first-order valence-corrected chi connectivity index (χ1v) is 11.6. The molecule has 0 aliphatic rings. The highest BCUT2D eigenvalue weighted by atomic mass is 19.4. The van der Waals surface area contributed by atoms with Crippen LogP contribution in [0.4, 0.5) is 22.0 Å². The quantitative estimate of drug-likeness (QED) is 0.307. The summed E-state index contributed by atoms with van der Waals surface area (Å²) >= 11 is 0. The molecule has 0 aliphatic heterocycles. The van der Waals surface area contributed by atoms with Crippen molar-refractivity contribution in [2.24, 2.45) is 5.73 Å². The molecular formula is C28H24F5N3O2. The minimum atomic E-state index is -4.82. The van der Waals surface area contributed by atoms with E-state index in [9.17, 15) is 22.4 Å². The molecule has 0 saturated heterocycles. The van der Waals surface area contributed by atoms with Crippen LogP contribution in [0.3, 0.4) is 0 Å². The van der Waals surface area contributed by atoms with Gasteiger partial charge in [-0.1, -0.05) is 48.5 Å². The minimum Gasteiger partial charge on any atom is -0.494 e. The van der Waals surface area contributed by atoms with Crippen molar-refractivity contribution in [3.63, 3.8) is 0 Å². The molecule has 0 radical (unpaired) electrons. The molecule has 0 aliphatic carbocycles. The lowest BCUT2D eigenvalue weighted by Crippen LogP contribution is -2.32. The number of rotatable bonds is 7. The number of benzene rings is 3. The summed E-state index contributed by atoms with van der Waals surface area (Å²) in [4.78, 5) is 13.6. The van der Waals surface area contributed by atoms with Crippen molar-refractivity contribution in [1.29, 1.82) is 0 Å². The van der Waals surface area contributed by atoms with E-state index in [2.05, 4.69) is 5.10 Å². The van der Waals surface area contributed by atoms with Gasteiger partial charge in [-0.3, -0.25) is 4.79 Å². The van der Waals surface area contributed by atoms with E-state index >= 15 is 4.39 Å². The van der Waals surface area contributed by atoms with Gasteiger partial charge >= 0.3 is 6.18 Å². The molecule has 38 heavy (non-hydrogen) atoms. The average Bonchev–Trinajstić information content (AvgIpc) is 2.88. The number of methoxy groups -OCH3 is 1. The number of ether oxygens (including phenoxy) is 1. The molecule has 0 spiro atoms. The van der Waals surface area contributed by atoms with Crippen molar-refractivity contribution in [1.82, 2.24) is 9.78 Å². The fourth-order valence-electron chi connectivity index (χ4n) is 4.33. The third-order valence-electron chi connectivity index (χ3n) is 6.32. The molecule has 4 aromatic rings. The maximum Gasteiger partial charge on any atom is 0.416 e. The highest BCUT2D eigenvalue weighted by Crippen LogP contribution is 2.35. The summed E-state index contributed by atoms with van der Waals surface area (Å²) in [7, 11) is 1.26. The third-order valence-corrected chi connectivity index (χ3v) is 6.32. The zero-order valence-corrected chi connectivity index (χ0v) is 20.5. The fourth-order valence-corrected chi connectivity index (χ4v) is 4.33. The summed E-state index contributed by atoms with van der Waals surface area (Å²) in [5, 5.41) is 4.29. The highest BCUT2D eigenvalue weighted by molar-refractivity contribution is 5.69. The first-order valence-electron chi connectivity index (χ1n) is 11.6. The molecule has 1 aromatic heterocycles. The SMILES string of the molecule is COc1cccc(-c2c(C)c(Cc3c(F)cccc3C(F)(F)F)nn(CC(N)c3ccccc3)c2=O)c1F. The van der Waals surface area contributed by atoms with Crippen LogP contribution in [0.15, 0.2) is 71.5 Å². The predicted molar refractivity (Wildman–Crippen MR) is 133 cm³/mol. The van der Waals surface area contributed by atoms with E-state index in [1.54, 1.807) is 30.3 Å². The lowest BCUT2D eigenvalue weighted by atomic mass is 9.95.